The van der Waals surface area contributed by atoms with E-state index < -0.39 is 10.0 Å². The standard InChI is InChI=1S/C21H26BrNO4S/c1-4-27-21(24)13-8-14-23(17(3)18-10-7-11-19(22)15-18)28(25,26)20-12-6-5-9-16(20)2/h5-7,9-12,15,17H,4,8,13-14H2,1-3H3/t17-/m0/s1. The van der Waals surface area contributed by atoms with Crippen LogP contribution in [-0.4, -0.2) is 31.8 Å². The Morgan fingerprint density at radius 1 is 1.18 bits per heavy atom. The number of carbonyl (C=O) groups excluding carboxylic acids is 1. The largest absolute Gasteiger partial charge is 0.466 e. The van der Waals surface area contributed by atoms with Crippen molar-refractivity contribution in [1.82, 2.24) is 4.31 Å². The smallest absolute Gasteiger partial charge is 0.305 e. The van der Waals surface area contributed by atoms with Crippen LogP contribution in [0.15, 0.2) is 57.9 Å². The minimum absolute atomic E-state index is 0.179. The first kappa shape index (κ1) is 22.6. The second-order valence-electron chi connectivity index (χ2n) is 6.52. The van der Waals surface area contributed by atoms with Crippen molar-refractivity contribution in [1.29, 1.82) is 0 Å². The normalized spacial score (nSPS) is 12.8. The van der Waals surface area contributed by atoms with E-state index in [-0.39, 0.29) is 29.9 Å². The monoisotopic (exact) mass is 467 g/mol. The molecule has 0 amide bonds. The summed E-state index contributed by atoms with van der Waals surface area (Å²) >= 11 is 3.45. The molecule has 0 spiro atoms. The molecular weight excluding hydrogens is 442 g/mol. The number of halogens is 1. The highest BCUT2D eigenvalue weighted by Gasteiger charge is 2.31. The minimum atomic E-state index is -3.74. The van der Waals surface area contributed by atoms with Crippen molar-refractivity contribution in [2.75, 3.05) is 13.2 Å². The lowest BCUT2D eigenvalue weighted by Gasteiger charge is -2.29. The quantitative estimate of drug-likeness (QED) is 0.494. The van der Waals surface area contributed by atoms with Gasteiger partial charge in [0, 0.05) is 23.5 Å². The van der Waals surface area contributed by atoms with Gasteiger partial charge in [-0.3, -0.25) is 4.79 Å². The highest BCUT2D eigenvalue weighted by atomic mass is 79.9. The lowest BCUT2D eigenvalue weighted by Crippen LogP contribution is -2.35. The molecule has 0 saturated carbocycles. The number of sulfonamides is 1. The molecule has 0 aliphatic carbocycles. The molecule has 2 rings (SSSR count). The summed E-state index contributed by atoms with van der Waals surface area (Å²) < 4.78 is 34.2. The molecule has 0 aliphatic heterocycles. The summed E-state index contributed by atoms with van der Waals surface area (Å²) in [6, 6.07) is 14.2. The van der Waals surface area contributed by atoms with Crippen molar-refractivity contribution in [3.8, 4) is 0 Å². The summed E-state index contributed by atoms with van der Waals surface area (Å²) in [4.78, 5) is 12.0. The first-order valence-electron chi connectivity index (χ1n) is 9.26. The minimum Gasteiger partial charge on any atom is -0.466 e. The number of benzene rings is 2. The molecule has 0 aromatic heterocycles. The van der Waals surface area contributed by atoms with Gasteiger partial charge in [0.1, 0.15) is 0 Å². The zero-order chi connectivity index (χ0) is 20.7. The summed E-state index contributed by atoms with van der Waals surface area (Å²) in [5.41, 5.74) is 1.57. The third-order valence-electron chi connectivity index (χ3n) is 4.51. The average molecular weight is 468 g/mol. The fraction of sp³-hybridized carbons (Fsp3) is 0.381. The van der Waals surface area contributed by atoms with E-state index in [9.17, 15) is 13.2 Å². The molecule has 5 nitrogen and oxygen atoms in total. The fourth-order valence-corrected chi connectivity index (χ4v) is 5.34. The van der Waals surface area contributed by atoms with Crippen LogP contribution < -0.4 is 0 Å². The van der Waals surface area contributed by atoms with Crippen molar-refractivity contribution < 1.29 is 17.9 Å². The third kappa shape index (κ3) is 5.65. The van der Waals surface area contributed by atoms with Crippen LogP contribution in [0, 0.1) is 6.92 Å². The first-order valence-corrected chi connectivity index (χ1v) is 11.5. The molecule has 7 heteroatoms. The molecule has 0 bridgehead atoms. The lowest BCUT2D eigenvalue weighted by atomic mass is 10.1. The Balaban J connectivity index is 2.35. The molecule has 0 heterocycles. The molecule has 0 unspecified atom stereocenters. The molecule has 28 heavy (non-hydrogen) atoms. The van der Waals surface area contributed by atoms with Crippen LogP contribution >= 0.6 is 15.9 Å². The van der Waals surface area contributed by atoms with Crippen LogP contribution in [0.1, 0.15) is 43.9 Å². The molecule has 0 fully saturated rings. The number of esters is 1. The molecular formula is C21H26BrNO4S. The Hall–Kier alpha value is -1.70. The van der Waals surface area contributed by atoms with E-state index in [1.807, 2.05) is 37.3 Å². The highest BCUT2D eigenvalue weighted by molar-refractivity contribution is 9.10. The van der Waals surface area contributed by atoms with Gasteiger partial charge in [0.05, 0.1) is 11.5 Å². The Morgan fingerprint density at radius 2 is 1.89 bits per heavy atom. The number of hydrogen-bond donors (Lipinski definition) is 0. The van der Waals surface area contributed by atoms with Gasteiger partial charge in [-0.1, -0.05) is 46.3 Å². The summed E-state index contributed by atoms with van der Waals surface area (Å²) in [5, 5.41) is 0. The molecule has 2 aromatic rings. The van der Waals surface area contributed by atoms with Crippen molar-refractivity contribution in [2.24, 2.45) is 0 Å². The van der Waals surface area contributed by atoms with E-state index in [2.05, 4.69) is 15.9 Å². The van der Waals surface area contributed by atoms with Crippen LogP contribution in [0.5, 0.6) is 0 Å². The maximum absolute atomic E-state index is 13.5. The van der Waals surface area contributed by atoms with E-state index >= 15 is 0 Å². The van der Waals surface area contributed by atoms with Crippen LogP contribution in [0.4, 0.5) is 0 Å². The van der Waals surface area contributed by atoms with Crippen molar-refractivity contribution in [3.05, 3.63) is 64.1 Å². The Morgan fingerprint density at radius 3 is 2.54 bits per heavy atom. The first-order chi connectivity index (χ1) is 13.3. The summed E-state index contributed by atoms with van der Waals surface area (Å²) in [5.74, 6) is -0.314. The predicted octanol–water partition coefficient (Wildman–Crippen LogP) is 4.85. The van der Waals surface area contributed by atoms with Gasteiger partial charge in [0.2, 0.25) is 10.0 Å². The average Bonchev–Trinajstić information content (AvgIpc) is 2.65. The number of nitrogens with zero attached hydrogens (tertiary/aromatic N) is 1. The molecule has 0 saturated heterocycles. The Kier molecular flexibility index (Phi) is 8.22. The van der Waals surface area contributed by atoms with Gasteiger partial charge in [-0.25, -0.2) is 8.42 Å². The second-order valence-corrected chi connectivity index (χ2v) is 9.30. The van der Waals surface area contributed by atoms with Crippen LogP contribution in [-0.2, 0) is 19.6 Å². The highest BCUT2D eigenvalue weighted by Crippen LogP contribution is 2.30. The number of hydrogen-bond acceptors (Lipinski definition) is 4. The Labute approximate surface area is 175 Å². The van der Waals surface area contributed by atoms with Crippen LogP contribution in [0.25, 0.3) is 0 Å². The number of carbonyl (C=O) groups is 1. The van der Waals surface area contributed by atoms with Gasteiger partial charge in [0.25, 0.3) is 0 Å². The van der Waals surface area contributed by atoms with Gasteiger partial charge < -0.3 is 4.74 Å². The molecule has 0 N–H and O–H groups in total. The summed E-state index contributed by atoms with van der Waals surface area (Å²) in [6.07, 6.45) is 0.571. The van der Waals surface area contributed by atoms with Crippen molar-refractivity contribution in [2.45, 2.75) is 44.6 Å². The maximum atomic E-state index is 13.5. The summed E-state index contributed by atoms with van der Waals surface area (Å²) in [7, 11) is -3.74. The van der Waals surface area contributed by atoms with E-state index in [0.717, 1.165) is 10.0 Å². The molecule has 0 aliphatic rings. The number of aryl methyl sites for hydroxylation is 1. The van der Waals surface area contributed by atoms with Gasteiger partial charge in [-0.05, 0) is 56.5 Å². The van der Waals surface area contributed by atoms with Crippen LogP contribution in [0.2, 0.25) is 0 Å². The number of ether oxygens (including phenoxy) is 1. The van der Waals surface area contributed by atoms with E-state index in [4.69, 9.17) is 4.74 Å². The van der Waals surface area contributed by atoms with E-state index in [1.165, 1.54) is 4.31 Å². The van der Waals surface area contributed by atoms with Gasteiger partial charge >= 0.3 is 5.97 Å². The topological polar surface area (TPSA) is 63.7 Å². The van der Waals surface area contributed by atoms with Gasteiger partial charge in [0.15, 0.2) is 0 Å². The van der Waals surface area contributed by atoms with Crippen LogP contribution in [0.3, 0.4) is 0 Å². The molecule has 152 valence electrons. The zero-order valence-electron chi connectivity index (χ0n) is 16.4. The number of rotatable bonds is 9. The zero-order valence-corrected chi connectivity index (χ0v) is 18.8. The van der Waals surface area contributed by atoms with Gasteiger partial charge in [-0.2, -0.15) is 4.31 Å². The molecule has 0 radical (unpaired) electrons. The van der Waals surface area contributed by atoms with Gasteiger partial charge in [-0.15, -0.1) is 0 Å². The fourth-order valence-electron chi connectivity index (χ4n) is 3.04. The lowest BCUT2D eigenvalue weighted by molar-refractivity contribution is -0.143. The Bertz CT molecular complexity index is 914. The second kappa shape index (κ2) is 10.2. The van der Waals surface area contributed by atoms with Crippen molar-refractivity contribution >= 4 is 31.9 Å². The van der Waals surface area contributed by atoms with Crippen molar-refractivity contribution in [3.63, 3.8) is 0 Å². The third-order valence-corrected chi connectivity index (χ3v) is 7.13. The van der Waals surface area contributed by atoms with E-state index in [1.54, 1.807) is 32.0 Å². The predicted molar refractivity (Wildman–Crippen MR) is 113 cm³/mol. The maximum Gasteiger partial charge on any atom is 0.305 e. The summed E-state index contributed by atoms with van der Waals surface area (Å²) in [6.45, 7) is 5.94. The van der Waals surface area contributed by atoms with E-state index in [0.29, 0.717) is 18.6 Å². The molecule has 2 aromatic carbocycles. The molecule has 1 atom stereocenters. The SMILES string of the molecule is CCOC(=O)CCCN([C@@H](C)c1cccc(Br)c1)S(=O)(=O)c1ccccc1C.